The number of sulfone groups is 1. The van der Waals surface area contributed by atoms with Gasteiger partial charge in [0.2, 0.25) is 5.91 Å². The molecule has 0 aromatic heterocycles. The van der Waals surface area contributed by atoms with Crippen molar-refractivity contribution in [3.8, 4) is 6.07 Å². The Labute approximate surface area is 188 Å². The molecular formula is C20H25F4N3O5S. The van der Waals surface area contributed by atoms with E-state index in [1.165, 1.54) is 13.8 Å². The van der Waals surface area contributed by atoms with Crippen molar-refractivity contribution in [2.75, 3.05) is 6.54 Å². The molecule has 1 aromatic rings. The van der Waals surface area contributed by atoms with E-state index in [0.717, 1.165) is 10.5 Å². The highest BCUT2D eigenvalue weighted by molar-refractivity contribution is 7.92. The number of amides is 1. The van der Waals surface area contributed by atoms with Crippen LogP contribution in [0.2, 0.25) is 0 Å². The molecule has 13 heteroatoms. The van der Waals surface area contributed by atoms with Gasteiger partial charge in [-0.3, -0.25) is 4.79 Å². The third-order valence-electron chi connectivity index (χ3n) is 5.22. The van der Waals surface area contributed by atoms with Gasteiger partial charge in [-0.05, 0) is 26.3 Å². The van der Waals surface area contributed by atoms with Crippen molar-refractivity contribution < 1.29 is 40.7 Å². The largest absolute Gasteiger partial charge is 0.490 e. The summed E-state index contributed by atoms with van der Waals surface area (Å²) in [5.74, 6) is -3.73. The maximum absolute atomic E-state index is 13.6. The van der Waals surface area contributed by atoms with Gasteiger partial charge in [0.15, 0.2) is 9.84 Å². The van der Waals surface area contributed by atoms with Crippen molar-refractivity contribution in [2.24, 2.45) is 5.73 Å². The maximum atomic E-state index is 13.6. The second kappa shape index (κ2) is 10.5. The van der Waals surface area contributed by atoms with Gasteiger partial charge in [0.05, 0.1) is 23.1 Å². The number of likely N-dealkylation sites (tertiary alicyclic amines) is 1. The number of alkyl halides is 4. The Kier molecular flexibility index (Phi) is 8.99. The fourth-order valence-corrected chi connectivity index (χ4v) is 4.40. The summed E-state index contributed by atoms with van der Waals surface area (Å²) in [6.07, 6.45) is -6.46. The van der Waals surface area contributed by atoms with E-state index in [1.54, 1.807) is 12.1 Å². The number of nitrogens with two attached hydrogens (primary N) is 1. The molecule has 0 aliphatic carbocycles. The van der Waals surface area contributed by atoms with Crippen molar-refractivity contribution >= 4 is 21.7 Å². The fraction of sp³-hybridized carbons (Fsp3) is 0.550. The number of aryl methyl sites for hydroxylation is 1. The molecule has 0 saturated carbocycles. The summed E-state index contributed by atoms with van der Waals surface area (Å²) in [4.78, 5) is 22.6. The summed E-state index contributed by atoms with van der Waals surface area (Å²) in [5.41, 5.74) is 7.61. The number of hydrogen-bond donors (Lipinski definition) is 2. The van der Waals surface area contributed by atoms with Crippen LogP contribution in [-0.4, -0.2) is 66.0 Å². The first-order chi connectivity index (χ1) is 14.9. The Morgan fingerprint density at radius 1 is 1.27 bits per heavy atom. The van der Waals surface area contributed by atoms with E-state index in [0.29, 0.717) is 5.56 Å². The van der Waals surface area contributed by atoms with Gasteiger partial charge in [0.1, 0.15) is 18.3 Å². The first kappa shape index (κ1) is 28.3. The number of carbonyl (C=O) groups excluding carboxylic acids is 1. The Balaban J connectivity index is 0.000000675. The minimum atomic E-state index is -5.08. The van der Waals surface area contributed by atoms with Gasteiger partial charge in [0, 0.05) is 6.42 Å². The smallest absolute Gasteiger partial charge is 0.475 e. The molecule has 1 saturated heterocycles. The number of nitrogens with zero attached hydrogens (tertiary/aromatic N) is 2. The lowest BCUT2D eigenvalue weighted by Gasteiger charge is -2.33. The van der Waals surface area contributed by atoms with Crippen molar-refractivity contribution in [1.29, 1.82) is 5.26 Å². The standard InChI is InChI=1S/C18H24FN3O3S.C2HF3O2/c1-12-4-6-13(7-5-12)11-26(24,25)18(2,3)16(21)17(23)22-10-14(19)8-15(22)9-20;3-2(4,5)1(6)7/h4-7,14-16H,8,10-11,21H2,1-3H3;(H,6,7)/t14-,15-,16+;/m0./s1. The van der Waals surface area contributed by atoms with Gasteiger partial charge in [-0.1, -0.05) is 29.8 Å². The average molecular weight is 495 g/mol. The minimum Gasteiger partial charge on any atom is -0.475 e. The maximum Gasteiger partial charge on any atom is 0.490 e. The number of carboxylic acid groups (broad SMARTS) is 1. The van der Waals surface area contributed by atoms with Gasteiger partial charge < -0.3 is 15.7 Å². The molecule has 1 aliphatic heterocycles. The van der Waals surface area contributed by atoms with Crippen LogP contribution in [0, 0.1) is 18.3 Å². The van der Waals surface area contributed by atoms with E-state index in [1.807, 2.05) is 25.1 Å². The van der Waals surface area contributed by atoms with Crippen LogP contribution in [0.4, 0.5) is 17.6 Å². The minimum absolute atomic E-state index is 0.0779. The van der Waals surface area contributed by atoms with E-state index in [4.69, 9.17) is 20.9 Å². The third kappa shape index (κ3) is 7.13. The number of rotatable bonds is 5. The Morgan fingerprint density at radius 2 is 1.76 bits per heavy atom. The molecule has 2 rings (SSSR count). The zero-order valence-electron chi connectivity index (χ0n) is 18.1. The number of carboxylic acids is 1. The highest BCUT2D eigenvalue weighted by atomic mass is 32.2. The lowest BCUT2D eigenvalue weighted by Crippen LogP contribution is -2.59. The molecule has 1 amide bonds. The first-order valence-corrected chi connectivity index (χ1v) is 11.3. The number of carbonyl (C=O) groups is 2. The van der Waals surface area contributed by atoms with Crippen LogP contribution < -0.4 is 5.73 Å². The number of halogens is 4. The van der Waals surface area contributed by atoms with Crippen LogP contribution >= 0.6 is 0 Å². The monoisotopic (exact) mass is 495 g/mol. The molecular weight excluding hydrogens is 470 g/mol. The Bertz CT molecular complexity index is 1000. The Hall–Kier alpha value is -2.72. The molecule has 3 atom stereocenters. The van der Waals surface area contributed by atoms with Crippen molar-refractivity contribution in [2.45, 2.75) is 62.1 Å². The van der Waals surface area contributed by atoms with Crippen LogP contribution in [0.25, 0.3) is 0 Å². The normalized spacial score (nSPS) is 19.8. The van der Waals surface area contributed by atoms with Gasteiger partial charge in [-0.15, -0.1) is 0 Å². The molecule has 184 valence electrons. The summed E-state index contributed by atoms with van der Waals surface area (Å²) in [6.45, 7) is 4.45. The SMILES string of the molecule is Cc1ccc(CS(=O)(=O)C(C)(C)[C@H](N)C(=O)N2C[C@@H](F)C[C@H]2C#N)cc1.O=C(O)C(F)(F)F. The molecule has 1 aliphatic rings. The highest BCUT2D eigenvalue weighted by Crippen LogP contribution is 2.28. The van der Waals surface area contributed by atoms with Crippen LogP contribution in [0.15, 0.2) is 24.3 Å². The number of hydrogen-bond acceptors (Lipinski definition) is 6. The second-order valence-electron chi connectivity index (χ2n) is 8.10. The molecule has 1 fully saturated rings. The molecule has 8 nitrogen and oxygen atoms in total. The molecule has 1 heterocycles. The van der Waals surface area contributed by atoms with Crippen molar-refractivity contribution in [1.82, 2.24) is 4.90 Å². The van der Waals surface area contributed by atoms with Crippen molar-refractivity contribution in [3.05, 3.63) is 35.4 Å². The molecule has 0 spiro atoms. The van der Waals surface area contributed by atoms with Gasteiger partial charge in [-0.25, -0.2) is 17.6 Å². The van der Waals surface area contributed by atoms with E-state index in [2.05, 4.69) is 0 Å². The van der Waals surface area contributed by atoms with E-state index < -0.39 is 50.9 Å². The molecule has 0 unspecified atom stereocenters. The predicted molar refractivity (Wildman–Crippen MR) is 110 cm³/mol. The summed E-state index contributed by atoms with van der Waals surface area (Å²) in [6, 6.07) is 6.63. The van der Waals surface area contributed by atoms with E-state index >= 15 is 0 Å². The van der Waals surface area contributed by atoms with E-state index in [9.17, 15) is 30.8 Å². The first-order valence-electron chi connectivity index (χ1n) is 9.61. The summed E-state index contributed by atoms with van der Waals surface area (Å²) < 4.78 is 69.5. The number of aliphatic carboxylic acids is 1. The average Bonchev–Trinajstić information content (AvgIpc) is 3.08. The molecule has 33 heavy (non-hydrogen) atoms. The Morgan fingerprint density at radius 3 is 2.18 bits per heavy atom. The van der Waals surface area contributed by atoms with Crippen LogP contribution in [0.5, 0.6) is 0 Å². The zero-order chi connectivity index (χ0) is 25.8. The van der Waals surface area contributed by atoms with Crippen LogP contribution in [0.3, 0.4) is 0 Å². The molecule has 1 aromatic carbocycles. The van der Waals surface area contributed by atoms with E-state index in [-0.39, 0.29) is 18.7 Å². The predicted octanol–water partition coefficient (Wildman–Crippen LogP) is 2.11. The fourth-order valence-electron chi connectivity index (χ4n) is 2.91. The lowest BCUT2D eigenvalue weighted by molar-refractivity contribution is -0.192. The quantitative estimate of drug-likeness (QED) is 0.596. The van der Waals surface area contributed by atoms with Crippen LogP contribution in [-0.2, 0) is 25.2 Å². The molecule has 3 N–H and O–H groups in total. The highest BCUT2D eigenvalue weighted by Gasteiger charge is 2.47. The van der Waals surface area contributed by atoms with Gasteiger partial charge >= 0.3 is 12.1 Å². The summed E-state index contributed by atoms with van der Waals surface area (Å²) >= 11 is 0. The summed E-state index contributed by atoms with van der Waals surface area (Å²) in [5, 5.41) is 16.2. The zero-order valence-corrected chi connectivity index (χ0v) is 19.0. The van der Waals surface area contributed by atoms with Gasteiger partial charge in [0.25, 0.3) is 0 Å². The van der Waals surface area contributed by atoms with Crippen LogP contribution in [0.1, 0.15) is 31.4 Å². The lowest BCUT2D eigenvalue weighted by atomic mass is 10.0. The topological polar surface area (TPSA) is 142 Å². The molecule has 0 bridgehead atoms. The van der Waals surface area contributed by atoms with Crippen molar-refractivity contribution in [3.63, 3.8) is 0 Å². The number of benzene rings is 1. The molecule has 0 radical (unpaired) electrons. The number of nitriles is 1. The summed E-state index contributed by atoms with van der Waals surface area (Å²) in [7, 11) is -3.79. The second-order valence-corrected chi connectivity index (χ2v) is 10.7. The third-order valence-corrected chi connectivity index (χ3v) is 7.79. The van der Waals surface area contributed by atoms with Gasteiger partial charge in [-0.2, -0.15) is 18.4 Å².